The molecule has 1 heterocycles. The summed E-state index contributed by atoms with van der Waals surface area (Å²) in [7, 11) is 0. The number of nitrogens with one attached hydrogen (secondary N) is 1. The second-order valence-corrected chi connectivity index (χ2v) is 5.41. The van der Waals surface area contributed by atoms with Crippen molar-refractivity contribution >= 4 is 0 Å². The normalized spacial score (nSPS) is 14.7. The predicted molar refractivity (Wildman–Crippen MR) is 79.6 cm³/mol. The van der Waals surface area contributed by atoms with Crippen molar-refractivity contribution in [1.29, 1.82) is 0 Å². The van der Waals surface area contributed by atoms with Crippen LogP contribution in [0.25, 0.3) is 0 Å². The van der Waals surface area contributed by atoms with E-state index < -0.39 is 0 Å². The van der Waals surface area contributed by atoms with Gasteiger partial charge in [-0.1, -0.05) is 32.9 Å². The number of rotatable bonds is 10. The molecule has 0 aromatic carbocycles. The summed E-state index contributed by atoms with van der Waals surface area (Å²) in [6, 6.07) is 0.371. The number of aromatic nitrogens is 2. The van der Waals surface area contributed by atoms with Gasteiger partial charge in [-0.2, -0.15) is 4.98 Å². The number of ether oxygens (including phenoxy) is 1. The van der Waals surface area contributed by atoms with E-state index >= 15 is 0 Å². The fourth-order valence-electron chi connectivity index (χ4n) is 2.12. The molecule has 2 unspecified atom stereocenters. The van der Waals surface area contributed by atoms with Gasteiger partial charge in [-0.3, -0.25) is 0 Å². The molecule has 0 aliphatic carbocycles. The average Bonchev–Trinajstić information content (AvgIpc) is 2.88. The highest BCUT2D eigenvalue weighted by molar-refractivity contribution is 4.93. The van der Waals surface area contributed by atoms with E-state index in [1.807, 2.05) is 6.92 Å². The van der Waals surface area contributed by atoms with E-state index in [2.05, 4.69) is 43.2 Å². The Labute approximate surface area is 122 Å². The molecule has 0 amide bonds. The largest absolute Gasteiger partial charge is 0.370 e. The zero-order chi connectivity index (χ0) is 15.0. The van der Waals surface area contributed by atoms with Crippen LogP contribution in [0.4, 0.5) is 0 Å². The minimum Gasteiger partial charge on any atom is -0.370 e. The minimum absolute atomic E-state index is 0.0569. The maximum absolute atomic E-state index is 5.61. The van der Waals surface area contributed by atoms with E-state index in [-0.39, 0.29) is 6.10 Å². The molecule has 1 N–H and O–H groups in total. The van der Waals surface area contributed by atoms with Crippen molar-refractivity contribution in [2.45, 2.75) is 66.0 Å². The lowest BCUT2D eigenvalue weighted by Gasteiger charge is -2.20. The van der Waals surface area contributed by atoms with E-state index in [1.165, 1.54) is 0 Å². The first-order chi connectivity index (χ1) is 9.62. The van der Waals surface area contributed by atoms with Crippen LogP contribution < -0.4 is 5.32 Å². The van der Waals surface area contributed by atoms with Crippen LogP contribution in [0.1, 0.15) is 65.3 Å². The molecule has 1 aromatic heterocycles. The van der Waals surface area contributed by atoms with Crippen LogP contribution in [0.3, 0.4) is 0 Å². The predicted octanol–water partition coefficient (Wildman–Crippen LogP) is 3.12. The Balaban J connectivity index is 2.65. The zero-order valence-electron chi connectivity index (χ0n) is 13.5. The lowest BCUT2D eigenvalue weighted by Crippen LogP contribution is -2.36. The summed E-state index contributed by atoms with van der Waals surface area (Å²) in [4.78, 5) is 4.49. The molecular weight excluding hydrogens is 254 g/mol. The first-order valence-corrected chi connectivity index (χ1v) is 7.79. The molecule has 0 radical (unpaired) electrons. The van der Waals surface area contributed by atoms with Gasteiger partial charge in [0.1, 0.15) is 6.10 Å². The standard InChI is InChI=1S/C15H29N3O2/c1-6-9-16-12(11(4)5)10-14-17-15(18-20-14)13(7-2)19-8-3/h11-13,16H,6-10H2,1-5H3. The Hall–Kier alpha value is -0.940. The maximum Gasteiger partial charge on any atom is 0.228 e. The minimum atomic E-state index is -0.0569. The fraction of sp³-hybridized carbons (Fsp3) is 0.867. The summed E-state index contributed by atoms with van der Waals surface area (Å²) in [5.74, 6) is 1.90. The monoisotopic (exact) mass is 283 g/mol. The van der Waals surface area contributed by atoms with Crippen molar-refractivity contribution in [2.75, 3.05) is 13.2 Å². The molecule has 0 aliphatic heterocycles. The molecule has 0 spiro atoms. The average molecular weight is 283 g/mol. The van der Waals surface area contributed by atoms with Gasteiger partial charge in [0.15, 0.2) is 0 Å². The third kappa shape index (κ3) is 5.21. The summed E-state index contributed by atoms with van der Waals surface area (Å²) in [6.45, 7) is 12.3. The summed E-state index contributed by atoms with van der Waals surface area (Å²) in [5, 5.41) is 7.60. The molecule has 1 aromatic rings. The summed E-state index contributed by atoms with van der Waals surface area (Å²) in [6.07, 6.45) is 2.70. The number of hydrogen-bond acceptors (Lipinski definition) is 5. The lowest BCUT2D eigenvalue weighted by atomic mass is 10.0. The van der Waals surface area contributed by atoms with Gasteiger partial charge in [0.25, 0.3) is 0 Å². The molecule has 2 atom stereocenters. The molecule has 0 saturated carbocycles. The van der Waals surface area contributed by atoms with Crippen LogP contribution in [0, 0.1) is 5.92 Å². The van der Waals surface area contributed by atoms with E-state index in [9.17, 15) is 0 Å². The number of hydrogen-bond donors (Lipinski definition) is 1. The third-order valence-electron chi connectivity index (χ3n) is 3.37. The molecule has 0 aliphatic rings. The van der Waals surface area contributed by atoms with Gasteiger partial charge in [0, 0.05) is 19.1 Å². The Bertz CT molecular complexity index is 366. The lowest BCUT2D eigenvalue weighted by molar-refractivity contribution is 0.0518. The Morgan fingerprint density at radius 1 is 1.25 bits per heavy atom. The van der Waals surface area contributed by atoms with Crippen LogP contribution in [-0.2, 0) is 11.2 Å². The van der Waals surface area contributed by atoms with E-state index in [0.29, 0.717) is 30.3 Å². The zero-order valence-corrected chi connectivity index (χ0v) is 13.5. The molecule has 0 bridgehead atoms. The molecule has 5 nitrogen and oxygen atoms in total. The van der Waals surface area contributed by atoms with Crippen molar-refractivity contribution in [2.24, 2.45) is 5.92 Å². The molecule has 0 saturated heterocycles. The third-order valence-corrected chi connectivity index (χ3v) is 3.37. The first-order valence-electron chi connectivity index (χ1n) is 7.79. The second kappa shape index (κ2) is 9.08. The Morgan fingerprint density at radius 3 is 2.55 bits per heavy atom. The second-order valence-electron chi connectivity index (χ2n) is 5.41. The van der Waals surface area contributed by atoms with E-state index in [4.69, 9.17) is 9.26 Å². The summed E-state index contributed by atoms with van der Waals surface area (Å²) >= 11 is 0. The van der Waals surface area contributed by atoms with Gasteiger partial charge in [-0.15, -0.1) is 0 Å². The van der Waals surface area contributed by atoms with Gasteiger partial charge >= 0.3 is 0 Å². The van der Waals surface area contributed by atoms with Crippen LogP contribution in [0.2, 0.25) is 0 Å². The van der Waals surface area contributed by atoms with Gasteiger partial charge < -0.3 is 14.6 Å². The van der Waals surface area contributed by atoms with Gasteiger partial charge in [-0.05, 0) is 32.2 Å². The van der Waals surface area contributed by atoms with Crippen molar-refractivity contribution in [3.05, 3.63) is 11.7 Å². The van der Waals surface area contributed by atoms with Gasteiger partial charge in [-0.25, -0.2) is 0 Å². The number of nitrogens with zero attached hydrogens (tertiary/aromatic N) is 2. The van der Waals surface area contributed by atoms with Crippen molar-refractivity contribution in [3.8, 4) is 0 Å². The Morgan fingerprint density at radius 2 is 2.00 bits per heavy atom. The van der Waals surface area contributed by atoms with Crippen LogP contribution in [0.5, 0.6) is 0 Å². The molecular formula is C15H29N3O2. The van der Waals surface area contributed by atoms with Crippen molar-refractivity contribution < 1.29 is 9.26 Å². The highest BCUT2D eigenvalue weighted by atomic mass is 16.5. The summed E-state index contributed by atoms with van der Waals surface area (Å²) < 4.78 is 11.0. The smallest absolute Gasteiger partial charge is 0.228 e. The molecule has 5 heteroatoms. The SMILES string of the molecule is CCCNC(Cc1nc(C(CC)OCC)no1)C(C)C. The van der Waals surface area contributed by atoms with Crippen molar-refractivity contribution in [1.82, 2.24) is 15.5 Å². The fourth-order valence-corrected chi connectivity index (χ4v) is 2.12. The van der Waals surface area contributed by atoms with Crippen molar-refractivity contribution in [3.63, 3.8) is 0 Å². The molecule has 116 valence electrons. The first kappa shape index (κ1) is 17.1. The van der Waals surface area contributed by atoms with E-state index in [1.54, 1.807) is 0 Å². The van der Waals surface area contributed by atoms with Crippen LogP contribution in [-0.4, -0.2) is 29.3 Å². The summed E-state index contributed by atoms with van der Waals surface area (Å²) in [5.41, 5.74) is 0. The van der Waals surface area contributed by atoms with Crippen LogP contribution >= 0.6 is 0 Å². The van der Waals surface area contributed by atoms with E-state index in [0.717, 1.165) is 25.8 Å². The molecule has 0 fully saturated rings. The van der Waals surface area contributed by atoms with Gasteiger partial charge in [0.05, 0.1) is 0 Å². The van der Waals surface area contributed by atoms with Gasteiger partial charge in [0.2, 0.25) is 11.7 Å². The highest BCUT2D eigenvalue weighted by Gasteiger charge is 2.20. The van der Waals surface area contributed by atoms with Crippen LogP contribution in [0.15, 0.2) is 4.52 Å². The topological polar surface area (TPSA) is 60.2 Å². The maximum atomic E-state index is 5.61. The Kier molecular flexibility index (Phi) is 7.77. The molecule has 1 rings (SSSR count). The highest BCUT2D eigenvalue weighted by Crippen LogP contribution is 2.18. The molecule has 20 heavy (non-hydrogen) atoms. The quantitative estimate of drug-likeness (QED) is 0.715.